The van der Waals surface area contributed by atoms with Gasteiger partial charge in [-0.1, -0.05) is 18.2 Å². The van der Waals surface area contributed by atoms with Gasteiger partial charge in [-0.25, -0.2) is 0 Å². The van der Waals surface area contributed by atoms with Crippen molar-refractivity contribution < 1.29 is 32.5 Å². The van der Waals surface area contributed by atoms with Crippen molar-refractivity contribution in [2.24, 2.45) is 0 Å². The van der Waals surface area contributed by atoms with Gasteiger partial charge in [0.2, 0.25) is 5.91 Å². The number of fused-ring (bicyclic) bond motifs is 1. The number of halogens is 3. The molecule has 2 heterocycles. The lowest BCUT2D eigenvalue weighted by Gasteiger charge is -2.23. The number of aryl methyl sites for hydroxylation is 1. The molecule has 3 aromatic rings. The van der Waals surface area contributed by atoms with Gasteiger partial charge in [0.15, 0.2) is 17.3 Å². The van der Waals surface area contributed by atoms with E-state index in [4.69, 9.17) is 14.6 Å². The number of aliphatic hydroxyl groups excluding tert-OH is 1. The SMILES string of the molecule is COc1cc(C2CC(=O)Nc3n[nH]cc32)ccc1OCc1ccc(CCCO)cc1C(F)(F)F. The smallest absolute Gasteiger partial charge is 0.416 e. The van der Waals surface area contributed by atoms with E-state index in [0.717, 1.165) is 17.2 Å². The number of nitrogens with zero attached hydrogens (tertiary/aromatic N) is 1. The number of aromatic nitrogens is 2. The summed E-state index contributed by atoms with van der Waals surface area (Å²) in [6.07, 6.45) is -1.84. The summed E-state index contributed by atoms with van der Waals surface area (Å²) in [5, 5.41) is 18.4. The van der Waals surface area contributed by atoms with Crippen LogP contribution in [-0.2, 0) is 24.0 Å². The van der Waals surface area contributed by atoms with Crippen LogP contribution in [0.3, 0.4) is 0 Å². The van der Waals surface area contributed by atoms with Crippen LogP contribution in [0.1, 0.15) is 46.6 Å². The van der Waals surface area contributed by atoms with E-state index >= 15 is 0 Å². The molecule has 1 aliphatic heterocycles. The molecule has 0 saturated heterocycles. The van der Waals surface area contributed by atoms with Gasteiger partial charge in [-0.2, -0.15) is 18.3 Å². The molecule has 4 rings (SSSR count). The predicted octanol–water partition coefficient (Wildman–Crippen LogP) is 4.42. The second-order valence-electron chi connectivity index (χ2n) is 8.01. The van der Waals surface area contributed by atoms with E-state index in [9.17, 15) is 18.0 Å². The van der Waals surface area contributed by atoms with Gasteiger partial charge in [0.05, 0.1) is 12.7 Å². The number of alkyl halides is 3. The molecule has 1 amide bonds. The molecule has 1 aromatic heterocycles. The number of aromatic amines is 1. The third kappa shape index (κ3) is 5.01. The third-order valence-corrected chi connectivity index (χ3v) is 5.77. The fourth-order valence-corrected chi connectivity index (χ4v) is 4.07. The molecule has 7 nitrogen and oxygen atoms in total. The van der Waals surface area contributed by atoms with Crippen LogP contribution < -0.4 is 14.8 Å². The topological polar surface area (TPSA) is 96.5 Å². The highest BCUT2D eigenvalue weighted by Gasteiger charge is 2.34. The first-order valence-electron chi connectivity index (χ1n) is 10.7. The lowest BCUT2D eigenvalue weighted by Crippen LogP contribution is -2.23. The molecular formula is C24H24F3N3O4. The summed E-state index contributed by atoms with van der Waals surface area (Å²) >= 11 is 0. The Kier molecular flexibility index (Phi) is 6.78. The van der Waals surface area contributed by atoms with E-state index in [-0.39, 0.29) is 42.8 Å². The summed E-state index contributed by atoms with van der Waals surface area (Å²) < 4.78 is 52.1. The number of amides is 1. The van der Waals surface area contributed by atoms with E-state index < -0.39 is 11.7 Å². The van der Waals surface area contributed by atoms with Crippen LogP contribution >= 0.6 is 0 Å². The Morgan fingerprint density at radius 3 is 2.74 bits per heavy atom. The summed E-state index contributed by atoms with van der Waals surface area (Å²) in [5.74, 6) is 0.709. The summed E-state index contributed by atoms with van der Waals surface area (Å²) in [6, 6.07) is 9.23. The molecular weight excluding hydrogens is 451 g/mol. The first kappa shape index (κ1) is 23.6. The number of hydrogen-bond donors (Lipinski definition) is 3. The Labute approximate surface area is 193 Å². The minimum atomic E-state index is -4.54. The van der Waals surface area contributed by atoms with Gasteiger partial charge in [0.25, 0.3) is 0 Å². The summed E-state index contributed by atoms with van der Waals surface area (Å²) in [6.45, 7) is -0.391. The highest BCUT2D eigenvalue weighted by molar-refractivity contribution is 5.94. The van der Waals surface area contributed by atoms with Crippen molar-refractivity contribution in [2.45, 2.75) is 38.0 Å². The highest BCUT2D eigenvalue weighted by atomic mass is 19.4. The number of anilines is 1. The number of H-pyrrole nitrogens is 1. The Morgan fingerprint density at radius 1 is 1.18 bits per heavy atom. The molecule has 2 aromatic carbocycles. The lowest BCUT2D eigenvalue weighted by molar-refractivity contribution is -0.138. The maximum atomic E-state index is 13.6. The van der Waals surface area contributed by atoms with E-state index in [0.29, 0.717) is 30.0 Å². The molecule has 1 unspecified atom stereocenters. The van der Waals surface area contributed by atoms with Crippen molar-refractivity contribution in [3.63, 3.8) is 0 Å². The van der Waals surface area contributed by atoms with Crippen molar-refractivity contribution in [3.05, 3.63) is 70.4 Å². The molecule has 1 atom stereocenters. The number of carbonyl (C=O) groups excluding carboxylic acids is 1. The number of carbonyl (C=O) groups is 1. The number of rotatable bonds is 8. The van der Waals surface area contributed by atoms with Gasteiger partial charge in [-0.15, -0.1) is 0 Å². The molecule has 1 aliphatic rings. The van der Waals surface area contributed by atoms with E-state index in [1.54, 1.807) is 30.5 Å². The second-order valence-corrected chi connectivity index (χ2v) is 8.01. The predicted molar refractivity (Wildman–Crippen MR) is 118 cm³/mol. The second kappa shape index (κ2) is 9.76. The van der Waals surface area contributed by atoms with Crippen molar-refractivity contribution in [1.82, 2.24) is 10.2 Å². The van der Waals surface area contributed by atoms with Crippen LogP contribution in [0, 0.1) is 0 Å². The quantitative estimate of drug-likeness (QED) is 0.448. The van der Waals surface area contributed by atoms with Gasteiger partial charge >= 0.3 is 6.18 Å². The standard InChI is InChI=1S/C24H24F3N3O4/c1-33-21-10-15(17-11-22(32)29-23-18(17)12-28-30-23)6-7-20(21)34-13-16-5-4-14(3-2-8-31)9-19(16)24(25,26)27/h4-7,9-10,12,17,31H,2-3,8,11,13H2,1H3,(H2,28,29,30,32). The molecule has 0 spiro atoms. The lowest BCUT2D eigenvalue weighted by atomic mass is 9.87. The monoisotopic (exact) mass is 475 g/mol. The number of ether oxygens (including phenoxy) is 2. The van der Waals surface area contributed by atoms with Gasteiger partial charge in [-0.05, 0) is 42.2 Å². The van der Waals surface area contributed by atoms with Crippen LogP contribution in [0.4, 0.5) is 19.0 Å². The highest BCUT2D eigenvalue weighted by Crippen LogP contribution is 2.40. The molecule has 0 fully saturated rings. The van der Waals surface area contributed by atoms with Gasteiger partial charge in [0.1, 0.15) is 6.61 Å². The van der Waals surface area contributed by atoms with Crippen LogP contribution in [0.25, 0.3) is 0 Å². The Balaban J connectivity index is 1.56. The van der Waals surface area contributed by atoms with Gasteiger partial charge in [0, 0.05) is 36.3 Å². The zero-order chi connectivity index (χ0) is 24.3. The fourth-order valence-electron chi connectivity index (χ4n) is 4.07. The summed E-state index contributed by atoms with van der Waals surface area (Å²) in [5.41, 5.74) is 1.37. The number of benzene rings is 2. The van der Waals surface area contributed by atoms with E-state index in [2.05, 4.69) is 15.5 Å². The zero-order valence-corrected chi connectivity index (χ0v) is 18.4. The molecule has 10 heteroatoms. The van der Waals surface area contributed by atoms with Crippen molar-refractivity contribution in [2.75, 3.05) is 19.0 Å². The molecule has 0 bridgehead atoms. The van der Waals surface area contributed by atoms with Crippen LogP contribution in [0.15, 0.2) is 42.6 Å². The number of aliphatic hydroxyl groups is 1. The third-order valence-electron chi connectivity index (χ3n) is 5.77. The summed E-state index contributed by atoms with van der Waals surface area (Å²) in [4.78, 5) is 12.1. The van der Waals surface area contributed by atoms with E-state index in [1.165, 1.54) is 13.2 Å². The first-order chi connectivity index (χ1) is 16.3. The van der Waals surface area contributed by atoms with Crippen LogP contribution in [0.2, 0.25) is 0 Å². The van der Waals surface area contributed by atoms with Gasteiger partial charge < -0.3 is 19.9 Å². The minimum absolute atomic E-state index is 0.00151. The van der Waals surface area contributed by atoms with Gasteiger partial charge in [-0.3, -0.25) is 9.89 Å². The van der Waals surface area contributed by atoms with Crippen molar-refractivity contribution in [1.29, 1.82) is 0 Å². The maximum Gasteiger partial charge on any atom is 0.416 e. The first-order valence-corrected chi connectivity index (χ1v) is 10.7. The molecule has 0 aliphatic carbocycles. The van der Waals surface area contributed by atoms with Crippen molar-refractivity contribution >= 4 is 11.7 Å². The molecule has 3 N–H and O–H groups in total. The Hall–Kier alpha value is -3.53. The molecule has 180 valence electrons. The Bertz CT molecular complexity index is 1180. The number of nitrogens with one attached hydrogen (secondary N) is 2. The fraction of sp³-hybridized carbons (Fsp3) is 0.333. The zero-order valence-electron chi connectivity index (χ0n) is 18.4. The number of hydrogen-bond acceptors (Lipinski definition) is 5. The molecule has 0 saturated carbocycles. The Morgan fingerprint density at radius 2 is 2.00 bits per heavy atom. The largest absolute Gasteiger partial charge is 0.493 e. The molecule has 0 radical (unpaired) electrons. The van der Waals surface area contributed by atoms with Crippen LogP contribution in [0.5, 0.6) is 11.5 Å². The van der Waals surface area contributed by atoms with Crippen molar-refractivity contribution in [3.8, 4) is 11.5 Å². The summed E-state index contributed by atoms with van der Waals surface area (Å²) in [7, 11) is 1.44. The molecule has 34 heavy (non-hydrogen) atoms. The van der Waals surface area contributed by atoms with E-state index in [1.807, 2.05) is 0 Å². The normalized spacial score (nSPS) is 15.6. The minimum Gasteiger partial charge on any atom is -0.493 e. The van der Waals surface area contributed by atoms with Crippen LogP contribution in [-0.4, -0.2) is 34.9 Å². The average Bonchev–Trinajstić information content (AvgIpc) is 3.28. The number of methoxy groups -OCH3 is 1. The average molecular weight is 475 g/mol. The maximum absolute atomic E-state index is 13.6.